The fraction of sp³-hybridized carbons (Fsp3) is 0. The molecule has 0 N–H and O–H groups in total. The average Bonchev–Trinajstić information content (AvgIpc) is 3.38. The molecule has 0 aliphatic carbocycles. The molecule has 0 radical (unpaired) electrons. The van der Waals surface area contributed by atoms with Gasteiger partial charge in [-0.1, -0.05) is 231 Å². The smallest absolute Gasteiger partial charge is 0.00259 e. The highest BCUT2D eigenvalue weighted by atomic mass is 14.2. The number of hydrogen-bond acceptors (Lipinski definition) is 0. The predicted molar refractivity (Wildman–Crippen MR) is 286 cm³/mol. The second-order valence-electron chi connectivity index (χ2n) is 17.6. The Labute approximate surface area is 384 Å². The fourth-order valence-electron chi connectivity index (χ4n) is 10.6. The van der Waals surface area contributed by atoms with Gasteiger partial charge >= 0.3 is 0 Å². The van der Waals surface area contributed by atoms with Crippen LogP contribution in [0.3, 0.4) is 0 Å². The molecule has 0 spiro atoms. The van der Waals surface area contributed by atoms with Gasteiger partial charge in [0.05, 0.1) is 0 Å². The molecule has 0 unspecified atom stereocenters. The van der Waals surface area contributed by atoms with E-state index in [1.165, 1.54) is 125 Å². The zero-order valence-corrected chi connectivity index (χ0v) is 36.2. The summed E-state index contributed by atoms with van der Waals surface area (Å²) in [5.41, 5.74) is 12.3. The molecule has 0 fully saturated rings. The van der Waals surface area contributed by atoms with E-state index in [0.717, 1.165) is 5.56 Å². The third kappa shape index (κ3) is 6.38. The summed E-state index contributed by atoms with van der Waals surface area (Å²) < 4.78 is 0. The van der Waals surface area contributed by atoms with Crippen molar-refractivity contribution in [2.45, 2.75) is 0 Å². The molecule has 0 aliphatic heterocycles. The van der Waals surface area contributed by atoms with Gasteiger partial charge in [-0.05, 0) is 155 Å². The van der Waals surface area contributed by atoms with Crippen LogP contribution in [-0.2, 0) is 0 Å². The minimum Gasteiger partial charge on any atom is -0.0616 e. The lowest BCUT2D eigenvalue weighted by molar-refractivity contribution is 1.63. The Kier molecular flexibility index (Phi) is 8.96. The third-order valence-electron chi connectivity index (χ3n) is 13.8. The first-order valence-corrected chi connectivity index (χ1v) is 22.9. The SMILES string of the molecule is C(=Cc1c2ccccc2c(-c2ccc(-c3ccc4ccccc4c3)cc2)c2ccccc12)c1ccc2c(-c3ccc4ccccc4c3)c3ccccc3c(-c3ccc4ccccc4c3)c2c1. The molecular formula is C66H42. The highest BCUT2D eigenvalue weighted by Crippen LogP contribution is 2.46. The van der Waals surface area contributed by atoms with Crippen LogP contribution in [0.15, 0.2) is 243 Å². The van der Waals surface area contributed by atoms with Crippen molar-refractivity contribution in [2.75, 3.05) is 0 Å². The molecule has 0 bridgehead atoms. The monoisotopic (exact) mass is 834 g/mol. The summed E-state index contributed by atoms with van der Waals surface area (Å²) in [4.78, 5) is 0. The molecule has 306 valence electrons. The van der Waals surface area contributed by atoms with Gasteiger partial charge in [-0.25, -0.2) is 0 Å². The van der Waals surface area contributed by atoms with Crippen LogP contribution >= 0.6 is 0 Å². The van der Waals surface area contributed by atoms with Crippen molar-refractivity contribution in [3.8, 4) is 44.5 Å². The molecule has 0 atom stereocenters. The Bertz CT molecular complexity index is 4040. The van der Waals surface area contributed by atoms with Crippen LogP contribution in [-0.4, -0.2) is 0 Å². The minimum absolute atomic E-state index is 1.16. The van der Waals surface area contributed by atoms with Crippen LogP contribution in [0.4, 0.5) is 0 Å². The van der Waals surface area contributed by atoms with Crippen LogP contribution in [0.1, 0.15) is 11.1 Å². The van der Waals surface area contributed by atoms with Crippen LogP contribution < -0.4 is 0 Å². The predicted octanol–water partition coefficient (Wildman–Crippen LogP) is 18.6. The molecule has 0 aliphatic rings. The van der Waals surface area contributed by atoms with Crippen LogP contribution in [0.2, 0.25) is 0 Å². The summed E-state index contributed by atoms with van der Waals surface area (Å²) in [5.74, 6) is 0. The molecule has 0 aromatic heterocycles. The van der Waals surface area contributed by atoms with Crippen molar-refractivity contribution in [3.63, 3.8) is 0 Å². The Hall–Kier alpha value is -8.58. The second kappa shape index (κ2) is 15.6. The summed E-state index contributed by atoms with van der Waals surface area (Å²) in [6, 6.07) is 89.6. The molecular weight excluding hydrogens is 793 g/mol. The topological polar surface area (TPSA) is 0 Å². The van der Waals surface area contributed by atoms with E-state index in [4.69, 9.17) is 0 Å². The summed E-state index contributed by atoms with van der Waals surface area (Å²) in [6.45, 7) is 0. The number of hydrogen-bond donors (Lipinski definition) is 0. The Morgan fingerprint density at radius 3 is 1.06 bits per heavy atom. The van der Waals surface area contributed by atoms with Crippen LogP contribution in [0, 0.1) is 0 Å². The molecule has 0 saturated heterocycles. The molecule has 0 saturated carbocycles. The van der Waals surface area contributed by atoms with E-state index in [9.17, 15) is 0 Å². The molecule has 0 heteroatoms. The minimum atomic E-state index is 1.16. The van der Waals surface area contributed by atoms with E-state index >= 15 is 0 Å². The quantitative estimate of drug-likeness (QED) is 0.116. The van der Waals surface area contributed by atoms with Crippen molar-refractivity contribution in [2.24, 2.45) is 0 Å². The largest absolute Gasteiger partial charge is 0.0616 e. The van der Waals surface area contributed by atoms with E-state index in [-0.39, 0.29) is 0 Å². The van der Waals surface area contributed by atoms with Gasteiger partial charge in [0.1, 0.15) is 0 Å². The Morgan fingerprint density at radius 1 is 0.197 bits per heavy atom. The maximum atomic E-state index is 2.42. The van der Waals surface area contributed by atoms with E-state index < -0.39 is 0 Å². The summed E-state index contributed by atoms with van der Waals surface area (Å²) >= 11 is 0. The van der Waals surface area contributed by atoms with Gasteiger partial charge in [0.15, 0.2) is 0 Å². The van der Waals surface area contributed by atoms with Crippen LogP contribution in [0.5, 0.6) is 0 Å². The lowest BCUT2D eigenvalue weighted by Gasteiger charge is -2.19. The summed E-state index contributed by atoms with van der Waals surface area (Å²) in [7, 11) is 0. The molecule has 0 heterocycles. The van der Waals surface area contributed by atoms with Crippen LogP contribution in [0.25, 0.3) is 132 Å². The maximum Gasteiger partial charge on any atom is -0.00259 e. The Morgan fingerprint density at radius 2 is 0.545 bits per heavy atom. The molecule has 13 aromatic carbocycles. The van der Waals surface area contributed by atoms with Gasteiger partial charge < -0.3 is 0 Å². The molecule has 13 rings (SSSR count). The average molecular weight is 835 g/mol. The number of rotatable bonds is 6. The van der Waals surface area contributed by atoms with E-state index in [1.807, 2.05) is 0 Å². The molecule has 0 amide bonds. The van der Waals surface area contributed by atoms with Gasteiger partial charge in [0, 0.05) is 0 Å². The van der Waals surface area contributed by atoms with Gasteiger partial charge in [0.25, 0.3) is 0 Å². The summed E-state index contributed by atoms with van der Waals surface area (Å²) in [6.07, 6.45) is 4.67. The summed E-state index contributed by atoms with van der Waals surface area (Å²) in [5, 5.41) is 17.5. The highest BCUT2D eigenvalue weighted by Gasteiger charge is 2.19. The van der Waals surface area contributed by atoms with Crippen molar-refractivity contribution in [1.82, 2.24) is 0 Å². The van der Waals surface area contributed by atoms with Gasteiger partial charge in [0.2, 0.25) is 0 Å². The van der Waals surface area contributed by atoms with Gasteiger partial charge in [-0.3, -0.25) is 0 Å². The second-order valence-corrected chi connectivity index (χ2v) is 17.6. The molecule has 13 aromatic rings. The maximum absolute atomic E-state index is 2.42. The van der Waals surface area contributed by atoms with Crippen molar-refractivity contribution < 1.29 is 0 Å². The lowest BCUT2D eigenvalue weighted by atomic mass is 9.84. The normalized spacial score (nSPS) is 11.9. The zero-order chi connectivity index (χ0) is 43.6. The third-order valence-corrected chi connectivity index (χ3v) is 13.8. The molecule has 0 nitrogen and oxygen atoms in total. The zero-order valence-electron chi connectivity index (χ0n) is 36.2. The number of fused-ring (bicyclic) bond motifs is 7. The van der Waals surface area contributed by atoms with E-state index in [2.05, 4.69) is 255 Å². The van der Waals surface area contributed by atoms with Crippen molar-refractivity contribution in [1.29, 1.82) is 0 Å². The fourth-order valence-corrected chi connectivity index (χ4v) is 10.6. The van der Waals surface area contributed by atoms with Crippen molar-refractivity contribution in [3.05, 3.63) is 254 Å². The van der Waals surface area contributed by atoms with E-state index in [1.54, 1.807) is 0 Å². The first-order chi connectivity index (χ1) is 32.7. The van der Waals surface area contributed by atoms with E-state index in [0.29, 0.717) is 0 Å². The Balaban J connectivity index is 0.981. The number of benzene rings is 13. The van der Waals surface area contributed by atoms with Crippen molar-refractivity contribution >= 4 is 87.6 Å². The standard InChI is InChI=1S/C66H42/c1-4-16-49-40-52(34-29-44(49)13-1)47-27-32-48(33-28-47)64-58-21-9-7-19-55(58)57(56-20-8-10-22-59(56)64)37-25-43-26-38-62-63(39-43)66(54-36-31-46-15-3-6-18-51(46)42-54)61-24-12-11-23-60(61)65(62)53-35-30-45-14-2-5-17-50(45)41-53/h1-42H. The van der Waals surface area contributed by atoms with Gasteiger partial charge in [-0.2, -0.15) is 0 Å². The molecule has 66 heavy (non-hydrogen) atoms. The highest BCUT2D eigenvalue weighted by molar-refractivity contribution is 6.23. The van der Waals surface area contributed by atoms with Gasteiger partial charge in [-0.15, -0.1) is 0 Å². The first-order valence-electron chi connectivity index (χ1n) is 22.9. The first kappa shape index (κ1) is 37.9. The lowest BCUT2D eigenvalue weighted by Crippen LogP contribution is -1.92.